The number of amides is 1. The Morgan fingerprint density at radius 2 is 1.64 bits per heavy atom. The molecule has 2 aromatic carbocycles. The molecule has 0 spiro atoms. The van der Waals surface area contributed by atoms with Crippen molar-refractivity contribution in [2.45, 2.75) is 22.6 Å². The number of carbonyl (C=O) groups is 2. The third kappa shape index (κ3) is 6.14. The van der Waals surface area contributed by atoms with Crippen LogP contribution in [-0.4, -0.2) is 35.0 Å². The van der Waals surface area contributed by atoms with Crippen molar-refractivity contribution < 1.29 is 14.7 Å². The van der Waals surface area contributed by atoms with E-state index in [-0.39, 0.29) is 5.91 Å². The second-order valence-corrected chi connectivity index (χ2v) is 7.57. The molecule has 0 heterocycles. The fourth-order valence-electron chi connectivity index (χ4n) is 2.28. The van der Waals surface area contributed by atoms with Gasteiger partial charge >= 0.3 is 5.97 Å². The van der Waals surface area contributed by atoms with Crippen molar-refractivity contribution >= 4 is 35.4 Å². The molecule has 2 aromatic rings. The molecule has 2 N–H and O–H groups in total. The minimum absolute atomic E-state index is 0.284. The molecule has 0 aromatic heterocycles. The first-order valence-corrected chi connectivity index (χ1v) is 10.2. The van der Waals surface area contributed by atoms with Crippen molar-refractivity contribution in [2.75, 3.05) is 12.0 Å². The van der Waals surface area contributed by atoms with Gasteiger partial charge in [0.25, 0.3) is 0 Å². The molecule has 132 valence electrons. The average molecular weight is 376 g/mol. The summed E-state index contributed by atoms with van der Waals surface area (Å²) in [5, 5.41) is 11.6. The number of carbonyl (C=O) groups excluding carboxylic acids is 1. The fraction of sp³-hybridized carbons (Fsp3) is 0.263. The summed E-state index contributed by atoms with van der Waals surface area (Å²) >= 11 is 2.98. The zero-order chi connectivity index (χ0) is 18.1. The molecule has 25 heavy (non-hydrogen) atoms. The molecule has 0 bridgehead atoms. The van der Waals surface area contributed by atoms with Gasteiger partial charge in [-0.25, -0.2) is 4.79 Å². The van der Waals surface area contributed by atoms with Gasteiger partial charge < -0.3 is 10.4 Å². The Bertz CT molecular complexity index is 680. The zero-order valence-electron chi connectivity index (χ0n) is 13.9. The van der Waals surface area contributed by atoms with Crippen LogP contribution in [0.15, 0.2) is 65.6 Å². The van der Waals surface area contributed by atoms with Crippen LogP contribution in [0.5, 0.6) is 0 Å². The minimum atomic E-state index is -1.00. The van der Waals surface area contributed by atoms with Gasteiger partial charge in [0.15, 0.2) is 0 Å². The summed E-state index contributed by atoms with van der Waals surface area (Å²) in [7, 11) is 0. The third-order valence-electron chi connectivity index (χ3n) is 3.56. The van der Waals surface area contributed by atoms with E-state index >= 15 is 0 Å². The highest BCUT2D eigenvalue weighted by Crippen LogP contribution is 2.35. The van der Waals surface area contributed by atoms with E-state index in [1.165, 1.54) is 11.8 Å². The molecular formula is C19H21NO3S2. The Kier molecular flexibility index (Phi) is 7.88. The number of hydrogen-bond acceptors (Lipinski definition) is 4. The summed E-state index contributed by atoms with van der Waals surface area (Å²) in [6.07, 6.45) is 2.32. The lowest BCUT2D eigenvalue weighted by molar-refractivity contribution is -0.141. The van der Waals surface area contributed by atoms with Crippen molar-refractivity contribution in [1.82, 2.24) is 5.32 Å². The van der Waals surface area contributed by atoms with Gasteiger partial charge in [-0.3, -0.25) is 4.79 Å². The zero-order valence-corrected chi connectivity index (χ0v) is 15.6. The van der Waals surface area contributed by atoms with Gasteiger partial charge in [0.2, 0.25) is 5.91 Å². The Labute approximate surface area is 156 Å². The summed E-state index contributed by atoms with van der Waals surface area (Å²) in [6, 6.07) is 18.2. The number of carboxylic acids is 1. The Hall–Kier alpha value is -1.92. The van der Waals surface area contributed by atoms with E-state index in [4.69, 9.17) is 0 Å². The Morgan fingerprint density at radius 3 is 2.20 bits per heavy atom. The maximum absolute atomic E-state index is 12.8. The minimum Gasteiger partial charge on any atom is -0.480 e. The molecule has 4 nitrogen and oxygen atoms in total. The van der Waals surface area contributed by atoms with Gasteiger partial charge in [0.1, 0.15) is 11.3 Å². The number of rotatable bonds is 9. The van der Waals surface area contributed by atoms with Crippen molar-refractivity contribution in [1.29, 1.82) is 0 Å². The van der Waals surface area contributed by atoms with Gasteiger partial charge in [0, 0.05) is 4.90 Å². The second-order valence-electron chi connectivity index (χ2n) is 5.40. The summed E-state index contributed by atoms with van der Waals surface area (Å²) in [5.41, 5.74) is 0.850. The van der Waals surface area contributed by atoms with E-state index in [1.54, 1.807) is 11.8 Å². The molecule has 2 atom stereocenters. The molecule has 0 aliphatic rings. The molecule has 6 heteroatoms. The molecule has 0 saturated heterocycles. The van der Waals surface area contributed by atoms with Gasteiger partial charge in [0.05, 0.1) is 0 Å². The standard InChI is InChI=1S/C19H21NO3S2/c1-24-13-12-16(19(22)23)20-18(21)17(14-8-4-2-5-9-14)25-15-10-6-3-7-11-15/h2-11,16-17H,12-13H2,1H3,(H,20,21)(H,22,23)/t16-,17-/m0/s1. The first-order chi connectivity index (χ1) is 12.1. The lowest BCUT2D eigenvalue weighted by Gasteiger charge is -2.20. The van der Waals surface area contributed by atoms with Crippen LogP contribution in [0.1, 0.15) is 17.2 Å². The quantitative estimate of drug-likeness (QED) is 0.652. The Balaban J connectivity index is 2.19. The number of benzene rings is 2. The average Bonchev–Trinajstić information content (AvgIpc) is 2.64. The number of nitrogens with one attached hydrogen (secondary N) is 1. The SMILES string of the molecule is CSCC[C@H](NC(=O)[C@@H](Sc1ccccc1)c1ccccc1)C(=O)O. The van der Waals surface area contributed by atoms with Gasteiger partial charge in [-0.15, -0.1) is 11.8 Å². The largest absolute Gasteiger partial charge is 0.480 e. The molecule has 0 saturated carbocycles. The predicted molar refractivity (Wildman–Crippen MR) is 104 cm³/mol. The molecule has 0 radical (unpaired) electrons. The molecular weight excluding hydrogens is 354 g/mol. The van der Waals surface area contributed by atoms with Crippen LogP contribution in [0.4, 0.5) is 0 Å². The maximum Gasteiger partial charge on any atom is 0.326 e. The van der Waals surface area contributed by atoms with Crippen LogP contribution in [0, 0.1) is 0 Å². The molecule has 0 fully saturated rings. The molecule has 0 unspecified atom stereocenters. The van der Waals surface area contributed by atoms with Gasteiger partial charge in [-0.1, -0.05) is 48.5 Å². The maximum atomic E-state index is 12.8. The van der Waals surface area contributed by atoms with Crippen molar-refractivity contribution in [2.24, 2.45) is 0 Å². The summed E-state index contributed by atoms with van der Waals surface area (Å²) in [6.45, 7) is 0. The summed E-state index contributed by atoms with van der Waals surface area (Å²) < 4.78 is 0. The monoisotopic (exact) mass is 375 g/mol. The van der Waals surface area contributed by atoms with Crippen LogP contribution in [0.25, 0.3) is 0 Å². The number of aliphatic carboxylic acids is 1. The smallest absolute Gasteiger partial charge is 0.326 e. The normalized spacial score (nSPS) is 13.0. The first kappa shape index (κ1) is 19.4. The van der Waals surface area contributed by atoms with E-state index in [9.17, 15) is 14.7 Å². The highest BCUT2D eigenvalue weighted by atomic mass is 32.2. The van der Waals surface area contributed by atoms with Crippen molar-refractivity contribution in [3.63, 3.8) is 0 Å². The lowest BCUT2D eigenvalue weighted by Crippen LogP contribution is -2.42. The number of carboxylic acid groups (broad SMARTS) is 1. The second kappa shape index (κ2) is 10.2. The fourth-order valence-corrected chi connectivity index (χ4v) is 3.80. The molecule has 0 aliphatic heterocycles. The molecule has 1 amide bonds. The highest BCUT2D eigenvalue weighted by molar-refractivity contribution is 8.00. The van der Waals surface area contributed by atoms with Crippen molar-refractivity contribution in [3.05, 3.63) is 66.2 Å². The van der Waals surface area contributed by atoms with Crippen LogP contribution in [0.3, 0.4) is 0 Å². The van der Waals surface area contributed by atoms with E-state index in [0.717, 1.165) is 10.5 Å². The highest BCUT2D eigenvalue weighted by Gasteiger charge is 2.27. The number of hydrogen-bond donors (Lipinski definition) is 2. The third-order valence-corrected chi connectivity index (χ3v) is 5.47. The van der Waals surface area contributed by atoms with E-state index in [0.29, 0.717) is 12.2 Å². The van der Waals surface area contributed by atoms with Crippen LogP contribution in [-0.2, 0) is 9.59 Å². The summed E-state index contributed by atoms with van der Waals surface area (Å²) in [4.78, 5) is 25.2. The van der Waals surface area contributed by atoms with E-state index in [1.807, 2.05) is 66.9 Å². The van der Waals surface area contributed by atoms with Crippen LogP contribution < -0.4 is 5.32 Å². The van der Waals surface area contributed by atoms with Crippen LogP contribution >= 0.6 is 23.5 Å². The molecule has 0 aliphatic carbocycles. The number of thioether (sulfide) groups is 2. The van der Waals surface area contributed by atoms with Gasteiger partial charge in [-0.05, 0) is 36.1 Å². The van der Waals surface area contributed by atoms with Crippen LogP contribution in [0.2, 0.25) is 0 Å². The first-order valence-electron chi connectivity index (χ1n) is 7.90. The Morgan fingerprint density at radius 1 is 1.04 bits per heavy atom. The summed E-state index contributed by atoms with van der Waals surface area (Å²) in [5.74, 6) is -0.605. The van der Waals surface area contributed by atoms with E-state index in [2.05, 4.69) is 5.32 Å². The van der Waals surface area contributed by atoms with Gasteiger partial charge in [-0.2, -0.15) is 11.8 Å². The molecule has 2 rings (SSSR count). The van der Waals surface area contributed by atoms with E-state index < -0.39 is 17.3 Å². The predicted octanol–water partition coefficient (Wildman–Crippen LogP) is 3.84. The topological polar surface area (TPSA) is 66.4 Å². The lowest BCUT2D eigenvalue weighted by atomic mass is 10.1. The van der Waals surface area contributed by atoms with Crippen molar-refractivity contribution in [3.8, 4) is 0 Å².